The van der Waals surface area contributed by atoms with Gasteiger partial charge in [0.1, 0.15) is 0 Å². The van der Waals surface area contributed by atoms with Crippen LogP contribution in [0.2, 0.25) is 0 Å². The molecule has 2 heterocycles. The molecule has 2 amide bonds. The Morgan fingerprint density at radius 2 is 1.77 bits per heavy atom. The molecule has 4 rings (SSSR count). The molecule has 0 spiro atoms. The molecule has 1 atom stereocenters. The smallest absolute Gasteiger partial charge is 0.238 e. The number of benzene rings is 2. The number of likely N-dealkylation sites (N-methyl/N-ethyl adjacent to an activating group) is 1. The normalized spacial score (nSPS) is 17.7. The second-order valence-corrected chi connectivity index (χ2v) is 7.73. The highest BCUT2D eigenvalue weighted by molar-refractivity contribution is 6.09. The fourth-order valence-corrected chi connectivity index (χ4v) is 4.10. The lowest BCUT2D eigenvalue weighted by Gasteiger charge is -2.28. The van der Waals surface area contributed by atoms with Crippen LogP contribution in [0.1, 0.15) is 28.9 Å². The van der Waals surface area contributed by atoms with E-state index in [1.807, 2.05) is 61.5 Å². The average molecular weight is 400 g/mol. The molecule has 6 heteroatoms. The number of carbonyl (C=O) groups is 2. The highest BCUT2D eigenvalue weighted by Gasteiger charge is 2.50. The zero-order valence-electron chi connectivity index (χ0n) is 17.1. The van der Waals surface area contributed by atoms with E-state index in [1.165, 1.54) is 0 Å². The number of nitrogens with zero attached hydrogens (tertiary/aromatic N) is 3. The van der Waals surface area contributed by atoms with Crippen molar-refractivity contribution in [1.82, 2.24) is 15.3 Å². The Balaban J connectivity index is 1.62. The van der Waals surface area contributed by atoms with Gasteiger partial charge in [0.2, 0.25) is 11.8 Å². The summed E-state index contributed by atoms with van der Waals surface area (Å²) < 4.78 is 0. The molecule has 0 radical (unpaired) electrons. The van der Waals surface area contributed by atoms with Crippen molar-refractivity contribution in [3.63, 3.8) is 0 Å². The van der Waals surface area contributed by atoms with Crippen LogP contribution in [0.4, 0.5) is 5.69 Å². The van der Waals surface area contributed by atoms with Gasteiger partial charge >= 0.3 is 0 Å². The second kappa shape index (κ2) is 8.06. The van der Waals surface area contributed by atoms with Crippen LogP contribution in [0, 0.1) is 6.92 Å². The van der Waals surface area contributed by atoms with E-state index < -0.39 is 5.41 Å². The van der Waals surface area contributed by atoms with Crippen molar-refractivity contribution in [3.8, 4) is 0 Å². The Labute approximate surface area is 176 Å². The number of aryl methyl sites for hydroxylation is 1. The van der Waals surface area contributed by atoms with Crippen molar-refractivity contribution in [2.45, 2.75) is 31.7 Å². The minimum Gasteiger partial charge on any atom is -0.350 e. The number of para-hydroxylation sites is 1. The Hall–Kier alpha value is -3.54. The lowest BCUT2D eigenvalue weighted by atomic mass is 9.73. The van der Waals surface area contributed by atoms with Gasteiger partial charge in [0.25, 0.3) is 0 Å². The number of aromatic nitrogens is 2. The predicted octanol–water partition coefficient (Wildman–Crippen LogP) is 2.95. The van der Waals surface area contributed by atoms with E-state index in [0.717, 1.165) is 22.5 Å². The van der Waals surface area contributed by atoms with Gasteiger partial charge in [0.05, 0.1) is 29.5 Å². The molecule has 1 aliphatic rings. The molecular weight excluding hydrogens is 376 g/mol. The van der Waals surface area contributed by atoms with Crippen LogP contribution in [0.15, 0.2) is 67.0 Å². The summed E-state index contributed by atoms with van der Waals surface area (Å²) >= 11 is 0. The lowest BCUT2D eigenvalue weighted by molar-refractivity contribution is -0.129. The van der Waals surface area contributed by atoms with Crippen LogP contribution in [-0.2, 0) is 28.0 Å². The lowest BCUT2D eigenvalue weighted by Crippen LogP contribution is -2.44. The summed E-state index contributed by atoms with van der Waals surface area (Å²) in [5.41, 5.74) is 3.34. The third-order valence-corrected chi connectivity index (χ3v) is 5.61. The monoisotopic (exact) mass is 400 g/mol. The quantitative estimate of drug-likeness (QED) is 0.690. The van der Waals surface area contributed by atoms with E-state index >= 15 is 0 Å². The Kier molecular flexibility index (Phi) is 5.31. The number of hydrogen-bond acceptors (Lipinski definition) is 4. The second-order valence-electron chi connectivity index (χ2n) is 7.73. The van der Waals surface area contributed by atoms with Crippen LogP contribution in [-0.4, -0.2) is 28.8 Å². The molecular formula is C24H24N4O2. The van der Waals surface area contributed by atoms with Crippen LogP contribution in [0.3, 0.4) is 0 Å². The van der Waals surface area contributed by atoms with E-state index in [2.05, 4.69) is 15.3 Å². The first kappa shape index (κ1) is 19.8. The van der Waals surface area contributed by atoms with Gasteiger partial charge in [-0.25, -0.2) is 0 Å². The van der Waals surface area contributed by atoms with Crippen LogP contribution < -0.4 is 10.2 Å². The number of nitrogens with one attached hydrogen (secondary N) is 1. The van der Waals surface area contributed by atoms with Crippen molar-refractivity contribution >= 4 is 17.5 Å². The number of rotatable bonds is 6. The fraction of sp³-hybridized carbons (Fsp3) is 0.250. The minimum absolute atomic E-state index is 0.0576. The number of fused-ring (bicyclic) bond motifs is 1. The van der Waals surface area contributed by atoms with Gasteiger partial charge in [-0.1, -0.05) is 48.5 Å². The Morgan fingerprint density at radius 3 is 2.50 bits per heavy atom. The van der Waals surface area contributed by atoms with Crippen LogP contribution in [0.25, 0.3) is 0 Å². The molecule has 0 bridgehead atoms. The Morgan fingerprint density at radius 1 is 1.03 bits per heavy atom. The van der Waals surface area contributed by atoms with Gasteiger partial charge in [0, 0.05) is 25.4 Å². The molecule has 0 fully saturated rings. The number of amides is 2. The fourth-order valence-electron chi connectivity index (χ4n) is 4.10. The number of hydrogen-bond donors (Lipinski definition) is 1. The van der Waals surface area contributed by atoms with E-state index in [0.29, 0.717) is 12.1 Å². The molecule has 0 aliphatic carbocycles. The van der Waals surface area contributed by atoms with Gasteiger partial charge < -0.3 is 10.2 Å². The molecule has 3 aromatic rings. The van der Waals surface area contributed by atoms with Crippen molar-refractivity contribution in [3.05, 3.63) is 89.5 Å². The summed E-state index contributed by atoms with van der Waals surface area (Å²) in [6.07, 6.45) is 3.86. The molecule has 30 heavy (non-hydrogen) atoms. The zero-order valence-corrected chi connectivity index (χ0v) is 17.1. The molecule has 2 aromatic carbocycles. The maximum Gasteiger partial charge on any atom is 0.238 e. The van der Waals surface area contributed by atoms with Gasteiger partial charge in [-0.05, 0) is 30.5 Å². The molecule has 0 saturated carbocycles. The molecule has 1 N–H and O–H groups in total. The van der Waals surface area contributed by atoms with Crippen LogP contribution >= 0.6 is 0 Å². The van der Waals surface area contributed by atoms with Gasteiger partial charge in [-0.3, -0.25) is 19.6 Å². The summed E-state index contributed by atoms with van der Waals surface area (Å²) in [6, 6.07) is 17.6. The maximum atomic E-state index is 13.5. The van der Waals surface area contributed by atoms with E-state index in [4.69, 9.17) is 0 Å². The molecule has 152 valence electrons. The number of carbonyl (C=O) groups excluding carboxylic acids is 2. The molecule has 1 aromatic heterocycles. The zero-order chi connectivity index (χ0) is 21.1. The van der Waals surface area contributed by atoms with Crippen molar-refractivity contribution < 1.29 is 9.59 Å². The molecule has 0 saturated heterocycles. The predicted molar refractivity (Wildman–Crippen MR) is 115 cm³/mol. The molecule has 1 aliphatic heterocycles. The van der Waals surface area contributed by atoms with E-state index in [9.17, 15) is 9.59 Å². The highest BCUT2D eigenvalue weighted by Crippen LogP contribution is 2.45. The summed E-state index contributed by atoms with van der Waals surface area (Å²) in [5, 5.41) is 2.91. The van der Waals surface area contributed by atoms with Crippen LogP contribution in [0.5, 0.6) is 0 Å². The first-order valence-electron chi connectivity index (χ1n) is 9.95. The number of anilines is 1. The summed E-state index contributed by atoms with van der Waals surface area (Å²) in [5.74, 6) is -0.246. The first-order chi connectivity index (χ1) is 14.5. The van der Waals surface area contributed by atoms with Crippen molar-refractivity contribution in [2.75, 3.05) is 11.9 Å². The topological polar surface area (TPSA) is 75.2 Å². The largest absolute Gasteiger partial charge is 0.350 e. The first-order valence-corrected chi connectivity index (χ1v) is 9.95. The third-order valence-electron chi connectivity index (χ3n) is 5.61. The van der Waals surface area contributed by atoms with Gasteiger partial charge in [-0.2, -0.15) is 0 Å². The minimum atomic E-state index is -0.935. The van der Waals surface area contributed by atoms with Crippen molar-refractivity contribution in [1.29, 1.82) is 0 Å². The average Bonchev–Trinajstić information content (AvgIpc) is 2.96. The van der Waals surface area contributed by atoms with Crippen molar-refractivity contribution in [2.24, 2.45) is 0 Å². The van der Waals surface area contributed by atoms with E-state index in [-0.39, 0.29) is 24.8 Å². The Bertz CT molecular complexity index is 1070. The molecule has 6 nitrogen and oxygen atoms in total. The highest BCUT2D eigenvalue weighted by atomic mass is 16.2. The SMILES string of the molecule is Cc1cnc(CNC(=O)CC2(Cc3ccccc3)C(=O)N(C)c3ccccc32)cn1. The molecule has 1 unspecified atom stereocenters. The third kappa shape index (κ3) is 3.68. The summed E-state index contributed by atoms with van der Waals surface area (Å²) in [7, 11) is 1.77. The van der Waals surface area contributed by atoms with Gasteiger partial charge in [0.15, 0.2) is 0 Å². The van der Waals surface area contributed by atoms with Gasteiger partial charge in [-0.15, -0.1) is 0 Å². The summed E-state index contributed by atoms with van der Waals surface area (Å²) in [6.45, 7) is 2.14. The summed E-state index contributed by atoms with van der Waals surface area (Å²) in [4.78, 5) is 36.6. The standard InChI is InChI=1S/C24H24N4O2/c1-17-14-26-19(15-25-17)16-27-22(29)13-24(12-18-8-4-3-5-9-18)20-10-6-7-11-21(20)28(2)23(24)30/h3-11,14-15H,12-13,16H2,1-2H3,(H,27,29). The maximum absolute atomic E-state index is 13.5. The van der Waals surface area contributed by atoms with E-state index in [1.54, 1.807) is 24.3 Å².